The van der Waals surface area contributed by atoms with Crippen LogP contribution in [0.5, 0.6) is 5.88 Å². The fraction of sp³-hybridized carbons (Fsp3) is 0.381. The molecule has 0 bridgehead atoms. The monoisotopic (exact) mass is 417 g/mol. The zero-order chi connectivity index (χ0) is 21.2. The first kappa shape index (κ1) is 20.9. The molecule has 0 fully saturated rings. The average Bonchev–Trinajstić information content (AvgIpc) is 2.65. The van der Waals surface area contributed by atoms with Gasteiger partial charge in [-0.05, 0) is 51.0 Å². The Morgan fingerprint density at radius 2 is 2.14 bits per heavy atom. The van der Waals surface area contributed by atoms with Crippen molar-refractivity contribution >= 4 is 17.7 Å². The van der Waals surface area contributed by atoms with Gasteiger partial charge in [-0.2, -0.15) is 5.26 Å². The molecule has 29 heavy (non-hydrogen) atoms. The third-order valence-electron chi connectivity index (χ3n) is 4.30. The Morgan fingerprint density at radius 1 is 1.38 bits per heavy atom. The van der Waals surface area contributed by atoms with Crippen LogP contribution in [0, 0.1) is 17.1 Å². The van der Waals surface area contributed by atoms with Crippen molar-refractivity contribution < 1.29 is 18.7 Å². The summed E-state index contributed by atoms with van der Waals surface area (Å²) in [6, 6.07) is 7.81. The largest absolute Gasteiger partial charge is 0.472 e. The van der Waals surface area contributed by atoms with E-state index in [1.807, 2.05) is 26.8 Å². The number of benzene rings is 1. The molecule has 0 unspecified atom stereocenters. The summed E-state index contributed by atoms with van der Waals surface area (Å²) in [7, 11) is 0. The zero-order valence-corrected chi connectivity index (χ0v) is 17.2. The minimum Gasteiger partial charge on any atom is -0.472 e. The summed E-state index contributed by atoms with van der Waals surface area (Å²) in [6.45, 7) is 6.15. The lowest BCUT2D eigenvalue weighted by atomic mass is 10.1. The molecule has 0 saturated carbocycles. The molecule has 1 aliphatic heterocycles. The lowest BCUT2D eigenvalue weighted by Crippen LogP contribution is -2.40. The quantitative estimate of drug-likeness (QED) is 0.728. The van der Waals surface area contributed by atoms with Crippen LogP contribution in [0.1, 0.15) is 43.2 Å². The second-order valence-corrected chi connectivity index (χ2v) is 8.15. The van der Waals surface area contributed by atoms with Gasteiger partial charge in [0.1, 0.15) is 23.0 Å². The molecule has 152 valence electrons. The van der Waals surface area contributed by atoms with Crippen LogP contribution < -0.4 is 4.74 Å². The maximum atomic E-state index is 14.0. The second-order valence-electron chi connectivity index (χ2n) is 7.74. The molecule has 3 rings (SSSR count). The maximum Gasteiger partial charge on any atom is 0.410 e. The fourth-order valence-corrected chi connectivity index (χ4v) is 3.11. The number of halogens is 2. The van der Waals surface area contributed by atoms with E-state index in [0.29, 0.717) is 23.7 Å². The maximum absolute atomic E-state index is 14.0. The summed E-state index contributed by atoms with van der Waals surface area (Å²) in [5, 5.41) is 9.14. The number of carbonyl (C=O) groups is 1. The third kappa shape index (κ3) is 5.15. The summed E-state index contributed by atoms with van der Waals surface area (Å²) in [5.74, 6) is -0.366. The van der Waals surface area contributed by atoms with Gasteiger partial charge in [0.05, 0.1) is 23.9 Å². The van der Waals surface area contributed by atoms with Crippen molar-refractivity contribution in [3.63, 3.8) is 0 Å². The zero-order valence-electron chi connectivity index (χ0n) is 16.5. The molecule has 0 aliphatic carbocycles. The SMILES string of the molecule is CC(C)(C)OC(=O)N1CCc2cc(Cl)c(OCc3ccc(C#N)cc3F)nc2C1. The Labute approximate surface area is 173 Å². The van der Waals surface area contributed by atoms with Crippen molar-refractivity contribution in [3.05, 3.63) is 57.5 Å². The van der Waals surface area contributed by atoms with E-state index >= 15 is 0 Å². The van der Waals surface area contributed by atoms with E-state index in [2.05, 4.69) is 4.98 Å². The highest BCUT2D eigenvalue weighted by molar-refractivity contribution is 6.31. The van der Waals surface area contributed by atoms with Crippen LogP contribution in [0.3, 0.4) is 0 Å². The van der Waals surface area contributed by atoms with Crippen molar-refractivity contribution in [2.24, 2.45) is 0 Å². The summed E-state index contributed by atoms with van der Waals surface area (Å²) in [4.78, 5) is 18.4. The molecule has 1 amide bonds. The average molecular weight is 418 g/mol. The van der Waals surface area contributed by atoms with Crippen molar-refractivity contribution in [2.75, 3.05) is 6.54 Å². The van der Waals surface area contributed by atoms with Gasteiger partial charge in [-0.1, -0.05) is 17.7 Å². The van der Waals surface area contributed by atoms with Crippen molar-refractivity contribution in [1.82, 2.24) is 9.88 Å². The number of amides is 1. The van der Waals surface area contributed by atoms with Gasteiger partial charge in [-0.3, -0.25) is 0 Å². The van der Waals surface area contributed by atoms with E-state index in [0.717, 1.165) is 11.6 Å². The van der Waals surface area contributed by atoms with Gasteiger partial charge in [-0.25, -0.2) is 14.2 Å². The molecule has 1 aliphatic rings. The highest BCUT2D eigenvalue weighted by atomic mass is 35.5. The first-order chi connectivity index (χ1) is 13.7. The number of rotatable bonds is 3. The van der Waals surface area contributed by atoms with Gasteiger partial charge in [0.25, 0.3) is 0 Å². The molecule has 0 spiro atoms. The van der Waals surface area contributed by atoms with Gasteiger partial charge >= 0.3 is 6.09 Å². The van der Waals surface area contributed by atoms with E-state index in [-0.39, 0.29) is 30.2 Å². The lowest BCUT2D eigenvalue weighted by molar-refractivity contribution is 0.0220. The molecule has 8 heteroatoms. The highest BCUT2D eigenvalue weighted by Crippen LogP contribution is 2.29. The van der Waals surface area contributed by atoms with Gasteiger partial charge in [0.15, 0.2) is 0 Å². The molecule has 0 atom stereocenters. The molecule has 0 radical (unpaired) electrons. The third-order valence-corrected chi connectivity index (χ3v) is 4.57. The van der Waals surface area contributed by atoms with Crippen LogP contribution in [0.25, 0.3) is 0 Å². The summed E-state index contributed by atoms with van der Waals surface area (Å²) in [6.07, 6.45) is 0.202. The number of aromatic nitrogens is 1. The molecule has 1 aromatic carbocycles. The normalized spacial score (nSPS) is 13.4. The van der Waals surface area contributed by atoms with Gasteiger partial charge < -0.3 is 14.4 Å². The molecule has 2 aromatic rings. The Bertz CT molecular complexity index is 982. The molecule has 0 saturated heterocycles. The van der Waals surface area contributed by atoms with Gasteiger partial charge in [0, 0.05) is 12.1 Å². The predicted molar refractivity (Wildman–Crippen MR) is 105 cm³/mol. The van der Waals surface area contributed by atoms with Crippen LogP contribution in [0.4, 0.5) is 9.18 Å². The topological polar surface area (TPSA) is 75.4 Å². The number of hydrogen-bond acceptors (Lipinski definition) is 5. The smallest absolute Gasteiger partial charge is 0.410 e. The van der Waals surface area contributed by atoms with E-state index in [1.54, 1.807) is 11.0 Å². The fourth-order valence-electron chi connectivity index (χ4n) is 2.88. The van der Waals surface area contributed by atoms with Crippen LogP contribution in [-0.4, -0.2) is 28.1 Å². The number of nitrogens with zero attached hydrogens (tertiary/aromatic N) is 3. The number of nitriles is 1. The highest BCUT2D eigenvalue weighted by Gasteiger charge is 2.27. The molecular weight excluding hydrogens is 397 g/mol. The number of carbonyl (C=O) groups excluding carboxylic acids is 1. The Hall–Kier alpha value is -2.85. The summed E-state index contributed by atoms with van der Waals surface area (Å²) in [5.41, 5.74) is 1.55. The lowest BCUT2D eigenvalue weighted by Gasteiger charge is -2.31. The minimum absolute atomic E-state index is 0.0845. The summed E-state index contributed by atoms with van der Waals surface area (Å²) >= 11 is 6.27. The van der Waals surface area contributed by atoms with Crippen LogP contribution >= 0.6 is 11.6 Å². The minimum atomic E-state index is -0.579. The molecule has 2 heterocycles. The summed E-state index contributed by atoms with van der Waals surface area (Å²) < 4.78 is 25.1. The molecule has 6 nitrogen and oxygen atoms in total. The molecular formula is C21H21ClFN3O3. The van der Waals surface area contributed by atoms with Crippen LogP contribution in [-0.2, 0) is 24.3 Å². The first-order valence-electron chi connectivity index (χ1n) is 9.14. The van der Waals surface area contributed by atoms with Crippen molar-refractivity contribution in [1.29, 1.82) is 5.26 Å². The number of ether oxygens (including phenoxy) is 2. The number of hydrogen-bond donors (Lipinski definition) is 0. The van der Waals surface area contributed by atoms with Crippen LogP contribution in [0.2, 0.25) is 5.02 Å². The van der Waals surface area contributed by atoms with Gasteiger partial charge in [-0.15, -0.1) is 0 Å². The Balaban J connectivity index is 1.74. The van der Waals surface area contributed by atoms with E-state index in [1.165, 1.54) is 12.1 Å². The Morgan fingerprint density at radius 3 is 2.79 bits per heavy atom. The van der Waals surface area contributed by atoms with E-state index < -0.39 is 17.5 Å². The van der Waals surface area contributed by atoms with E-state index in [9.17, 15) is 9.18 Å². The van der Waals surface area contributed by atoms with Crippen LogP contribution in [0.15, 0.2) is 24.3 Å². The predicted octanol–water partition coefficient (Wildman–Crippen LogP) is 4.62. The standard InChI is InChI=1S/C21H21ClFN3O3/c1-21(2,3)29-20(27)26-7-6-14-9-16(22)19(25-18(14)11-26)28-12-15-5-4-13(10-24)8-17(15)23/h4-5,8-9H,6-7,11-12H2,1-3H3. The Kier molecular flexibility index (Phi) is 5.94. The van der Waals surface area contributed by atoms with Crippen molar-refractivity contribution in [3.8, 4) is 11.9 Å². The van der Waals surface area contributed by atoms with Gasteiger partial charge in [0.2, 0.25) is 5.88 Å². The molecule has 0 N–H and O–H groups in total. The van der Waals surface area contributed by atoms with Crippen molar-refractivity contribution in [2.45, 2.75) is 45.9 Å². The first-order valence-corrected chi connectivity index (χ1v) is 9.51. The second kappa shape index (κ2) is 8.26. The van der Waals surface area contributed by atoms with E-state index in [4.69, 9.17) is 26.3 Å². The number of fused-ring (bicyclic) bond motifs is 1. The number of pyridine rings is 1. The molecule has 1 aromatic heterocycles.